The summed E-state index contributed by atoms with van der Waals surface area (Å²) in [5.41, 5.74) is 5.38. The number of nitriles is 1. The first-order valence-electron chi connectivity index (χ1n) is 15.8. The molecule has 6 aromatic heterocycles. The molecule has 8 rings (SSSR count). The molecule has 4 N–H and O–H groups in total. The first kappa shape index (κ1) is 29.6. The van der Waals surface area contributed by atoms with Gasteiger partial charge in [0, 0.05) is 24.2 Å². The molecule has 0 spiro atoms. The average molecular weight is 625 g/mol. The van der Waals surface area contributed by atoms with Gasteiger partial charge in [0.2, 0.25) is 0 Å². The predicted molar refractivity (Wildman–Crippen MR) is 167 cm³/mol. The van der Waals surface area contributed by atoms with Gasteiger partial charge in [-0.05, 0) is 49.7 Å². The topological polar surface area (TPSA) is 200 Å². The van der Waals surface area contributed by atoms with Crippen LogP contribution in [-0.2, 0) is 4.74 Å². The number of hydrogen-bond acceptors (Lipinski definition) is 9. The van der Waals surface area contributed by atoms with Crippen LogP contribution in [0.15, 0.2) is 36.9 Å². The number of nitrogens with zero attached hydrogens (tertiary/aromatic N) is 9. The Bertz CT molecular complexity index is 1910. The molecule has 2 fully saturated rings. The first-order valence-corrected chi connectivity index (χ1v) is 15.8. The second-order valence-electron chi connectivity index (χ2n) is 12.1. The minimum Gasteiger partial charge on any atom is -0.465 e. The summed E-state index contributed by atoms with van der Waals surface area (Å²) < 4.78 is 11.3. The molecule has 6 aromatic rings. The molecule has 0 saturated heterocycles. The minimum absolute atomic E-state index is 0.144. The van der Waals surface area contributed by atoms with Gasteiger partial charge in [0.25, 0.3) is 0 Å². The van der Waals surface area contributed by atoms with Crippen molar-refractivity contribution in [2.75, 3.05) is 6.54 Å². The molecule has 238 valence electrons. The van der Waals surface area contributed by atoms with Crippen molar-refractivity contribution in [2.45, 2.75) is 76.4 Å². The fourth-order valence-electron chi connectivity index (χ4n) is 7.57. The van der Waals surface area contributed by atoms with Crippen LogP contribution in [0.5, 0.6) is 0 Å². The molecule has 46 heavy (non-hydrogen) atoms. The van der Waals surface area contributed by atoms with E-state index in [2.05, 4.69) is 75.1 Å². The summed E-state index contributed by atoms with van der Waals surface area (Å²) in [6, 6.07) is 5.72. The number of fused-ring (bicyclic) bond motifs is 6. The zero-order valence-electron chi connectivity index (χ0n) is 25.7. The van der Waals surface area contributed by atoms with Crippen LogP contribution in [0.3, 0.4) is 0 Å². The molecule has 0 aromatic carbocycles. The lowest BCUT2D eigenvalue weighted by molar-refractivity contribution is -0.00877. The van der Waals surface area contributed by atoms with Gasteiger partial charge in [0.05, 0.1) is 41.7 Å². The van der Waals surface area contributed by atoms with Gasteiger partial charge in [-0.25, -0.2) is 14.8 Å². The molecular weight excluding hydrogens is 588 g/mol. The molecule has 0 aliphatic heterocycles. The third kappa shape index (κ3) is 5.28. The van der Waals surface area contributed by atoms with E-state index < -0.39 is 6.09 Å². The number of nitrogens with one attached hydrogen (secondary N) is 3. The molecule has 0 radical (unpaired) electrons. The summed E-state index contributed by atoms with van der Waals surface area (Å²) in [6.07, 6.45) is 13.0. The summed E-state index contributed by atoms with van der Waals surface area (Å²) in [5, 5.41) is 35.6. The molecule has 0 unspecified atom stereocenters. The highest BCUT2D eigenvalue weighted by Gasteiger charge is 2.42. The lowest BCUT2D eigenvalue weighted by Crippen LogP contribution is -2.20. The number of amides is 1. The average Bonchev–Trinajstić information content (AvgIpc) is 3.89. The second-order valence-corrected chi connectivity index (χ2v) is 12.1. The molecule has 6 heterocycles. The van der Waals surface area contributed by atoms with Crippen LogP contribution in [0.4, 0.5) is 4.79 Å². The van der Waals surface area contributed by atoms with Crippen molar-refractivity contribution in [3.8, 4) is 6.07 Å². The highest BCUT2D eigenvalue weighted by molar-refractivity contribution is 5.75. The molecule has 2 saturated carbocycles. The minimum atomic E-state index is -1.17. The summed E-state index contributed by atoms with van der Waals surface area (Å²) in [7, 11) is 0. The van der Waals surface area contributed by atoms with Crippen molar-refractivity contribution in [1.82, 2.24) is 54.4 Å². The van der Waals surface area contributed by atoms with Crippen molar-refractivity contribution >= 4 is 39.7 Å². The lowest BCUT2D eigenvalue weighted by atomic mass is 9.93. The van der Waals surface area contributed by atoms with Crippen molar-refractivity contribution in [3.63, 3.8) is 0 Å². The summed E-state index contributed by atoms with van der Waals surface area (Å²) in [6.45, 7) is 4.42. The van der Waals surface area contributed by atoms with E-state index in [0.717, 1.165) is 83.8 Å². The Kier molecular flexibility index (Phi) is 7.95. The maximum Gasteiger partial charge on any atom is 0.405 e. The number of ether oxygens (including phenoxy) is 1. The van der Waals surface area contributed by atoms with Gasteiger partial charge in [-0.15, -0.1) is 20.4 Å². The van der Waals surface area contributed by atoms with E-state index in [4.69, 9.17) is 15.1 Å². The highest BCUT2D eigenvalue weighted by atomic mass is 16.5. The van der Waals surface area contributed by atoms with E-state index in [1.165, 1.54) is 0 Å². The SMILES string of the molecule is CC[C@@H]1C[C@@H](O[C@@H]2C[C@@H](CC)[C@@H](c3nnc4cnc5[nH]ccc5n34)C2)C[C@@H]1c1nnc2cnc3[nH]ccc3n12.N#CCNC(=O)O. The summed E-state index contributed by atoms with van der Waals surface area (Å²) in [4.78, 5) is 24.9. The quantitative estimate of drug-likeness (QED) is 0.182. The molecule has 15 heteroatoms. The fraction of sp³-hybridized carbons (Fsp3) is 0.484. The van der Waals surface area contributed by atoms with Gasteiger partial charge >= 0.3 is 6.09 Å². The van der Waals surface area contributed by atoms with E-state index in [-0.39, 0.29) is 18.8 Å². The van der Waals surface area contributed by atoms with Crippen molar-refractivity contribution in [2.24, 2.45) is 11.8 Å². The largest absolute Gasteiger partial charge is 0.465 e. The zero-order chi connectivity index (χ0) is 31.8. The highest BCUT2D eigenvalue weighted by Crippen LogP contribution is 2.47. The lowest BCUT2D eigenvalue weighted by Gasteiger charge is -2.18. The van der Waals surface area contributed by atoms with Crippen molar-refractivity contribution < 1.29 is 14.6 Å². The standard InChI is InChI=1S/C28H32N10O.C3H4N2O2/c1-3-15-9-17(11-19(15)27-35-33-23-13-31-25-21(37(23)27)5-7-29-25)39-18-10-16(4-2)20(12-18)28-36-34-24-14-32-26-22(38(24)28)6-8-30-26;4-1-2-5-3(6)7/h5-8,13-20,29-30H,3-4,9-12H2,1-2H3;5H,2H2,(H,6,7)/t15-,16-,17-,18-,19+,20+;/m1./s1. The Morgan fingerprint density at radius 3 is 1.80 bits per heavy atom. The number of carboxylic acid groups (broad SMARTS) is 1. The number of H-pyrrole nitrogens is 2. The number of hydrogen-bond donors (Lipinski definition) is 4. The monoisotopic (exact) mass is 624 g/mol. The zero-order valence-corrected chi connectivity index (χ0v) is 25.7. The van der Waals surface area contributed by atoms with Crippen LogP contribution in [0.2, 0.25) is 0 Å². The Balaban J connectivity index is 0.000000437. The van der Waals surface area contributed by atoms with Gasteiger partial charge in [-0.1, -0.05) is 26.7 Å². The normalized spacial score (nSPS) is 24.5. The molecule has 1 amide bonds. The van der Waals surface area contributed by atoms with Crippen LogP contribution >= 0.6 is 0 Å². The van der Waals surface area contributed by atoms with Crippen LogP contribution in [0, 0.1) is 23.2 Å². The number of aromatic amines is 2. The van der Waals surface area contributed by atoms with Crippen LogP contribution in [-0.4, -0.2) is 79.1 Å². The van der Waals surface area contributed by atoms with Crippen LogP contribution in [0.25, 0.3) is 33.6 Å². The van der Waals surface area contributed by atoms with Gasteiger partial charge in [-0.3, -0.25) is 8.80 Å². The van der Waals surface area contributed by atoms with Crippen LogP contribution in [0.1, 0.15) is 75.9 Å². The van der Waals surface area contributed by atoms with Gasteiger partial charge in [0.1, 0.15) is 18.2 Å². The number of rotatable bonds is 7. The van der Waals surface area contributed by atoms with E-state index in [9.17, 15) is 4.79 Å². The second kappa shape index (κ2) is 12.4. The molecule has 2 aliphatic rings. The molecule has 15 nitrogen and oxygen atoms in total. The maximum absolute atomic E-state index is 9.50. The third-order valence-corrected chi connectivity index (χ3v) is 9.65. The maximum atomic E-state index is 9.50. The Morgan fingerprint density at radius 1 is 0.891 bits per heavy atom. The smallest absolute Gasteiger partial charge is 0.405 e. The fourth-order valence-corrected chi connectivity index (χ4v) is 7.57. The van der Waals surface area contributed by atoms with Gasteiger partial charge in [0.15, 0.2) is 22.6 Å². The van der Waals surface area contributed by atoms with E-state index >= 15 is 0 Å². The van der Waals surface area contributed by atoms with E-state index in [0.29, 0.717) is 23.7 Å². The Morgan fingerprint density at radius 2 is 1.39 bits per heavy atom. The van der Waals surface area contributed by atoms with Crippen LogP contribution < -0.4 is 5.32 Å². The van der Waals surface area contributed by atoms with Crippen molar-refractivity contribution in [1.29, 1.82) is 5.26 Å². The molecule has 0 bridgehead atoms. The molecule has 6 atom stereocenters. The predicted octanol–water partition coefficient (Wildman–Crippen LogP) is 4.56. The summed E-state index contributed by atoms with van der Waals surface area (Å²) in [5.74, 6) is 3.71. The number of carbonyl (C=O) groups is 1. The van der Waals surface area contributed by atoms with Gasteiger partial charge in [-0.2, -0.15) is 5.26 Å². The molecule has 2 aliphatic carbocycles. The summed E-state index contributed by atoms with van der Waals surface area (Å²) >= 11 is 0. The van der Waals surface area contributed by atoms with Gasteiger partial charge < -0.3 is 25.1 Å². The van der Waals surface area contributed by atoms with Crippen molar-refractivity contribution in [3.05, 3.63) is 48.6 Å². The number of aromatic nitrogens is 10. The Labute approximate surface area is 263 Å². The first-order chi connectivity index (χ1) is 22.5. The third-order valence-electron chi connectivity index (χ3n) is 9.65. The van der Waals surface area contributed by atoms with E-state index in [1.54, 1.807) is 18.5 Å². The molecular formula is C31H36N12O3. The Hall–Kier alpha value is -5.10. The van der Waals surface area contributed by atoms with E-state index in [1.807, 2.05) is 17.7 Å².